The molecule has 7 heteroatoms. The molecule has 0 radical (unpaired) electrons. The summed E-state index contributed by atoms with van der Waals surface area (Å²) in [7, 11) is 0. The molecular weight excluding hydrogens is 216 g/mol. The molecule has 0 heterocycles. The van der Waals surface area contributed by atoms with Crippen LogP contribution in [0.5, 0.6) is 0 Å². The van der Waals surface area contributed by atoms with E-state index in [1.807, 2.05) is 0 Å². The molecule has 15 heavy (non-hydrogen) atoms. The van der Waals surface area contributed by atoms with Crippen molar-refractivity contribution < 1.29 is 22.4 Å². The summed E-state index contributed by atoms with van der Waals surface area (Å²) in [5, 5.41) is 0. The average molecular weight is 222 g/mol. The molecule has 82 valence electrons. The van der Waals surface area contributed by atoms with Crippen molar-refractivity contribution in [2.24, 2.45) is 5.73 Å². The maximum atomic E-state index is 13.0. The molecule has 3 nitrogen and oxygen atoms in total. The minimum Gasteiger partial charge on any atom is -0.396 e. The van der Waals surface area contributed by atoms with E-state index in [0.29, 0.717) is 12.1 Å². The van der Waals surface area contributed by atoms with E-state index < -0.39 is 34.7 Å². The molecule has 0 spiro atoms. The van der Waals surface area contributed by atoms with E-state index in [9.17, 15) is 22.4 Å². The largest absolute Gasteiger partial charge is 0.416 e. The smallest absolute Gasteiger partial charge is 0.396 e. The lowest BCUT2D eigenvalue weighted by atomic mass is 10.1. The van der Waals surface area contributed by atoms with Gasteiger partial charge < -0.3 is 11.5 Å². The number of anilines is 1. The Morgan fingerprint density at radius 1 is 1.27 bits per heavy atom. The number of nitrogen functional groups attached to an aromatic ring is 1. The predicted octanol–water partition coefficient (Wildman–Crippen LogP) is 1.53. The fourth-order valence-electron chi connectivity index (χ4n) is 0.990. The first-order chi connectivity index (χ1) is 6.73. The number of hydrogen-bond acceptors (Lipinski definition) is 2. The molecule has 0 bridgehead atoms. The third kappa shape index (κ3) is 2.17. The highest BCUT2D eigenvalue weighted by molar-refractivity contribution is 5.94. The van der Waals surface area contributed by atoms with E-state index >= 15 is 0 Å². The molecule has 0 aliphatic carbocycles. The lowest BCUT2D eigenvalue weighted by Gasteiger charge is -2.09. The summed E-state index contributed by atoms with van der Waals surface area (Å²) in [6.45, 7) is 0. The van der Waals surface area contributed by atoms with Crippen LogP contribution in [0.4, 0.5) is 23.2 Å². The van der Waals surface area contributed by atoms with E-state index in [-0.39, 0.29) is 0 Å². The fraction of sp³-hybridized carbons (Fsp3) is 0.125. The van der Waals surface area contributed by atoms with Crippen LogP contribution in [0.3, 0.4) is 0 Å². The van der Waals surface area contributed by atoms with Crippen molar-refractivity contribution in [2.45, 2.75) is 6.18 Å². The Morgan fingerprint density at radius 3 is 2.20 bits per heavy atom. The highest BCUT2D eigenvalue weighted by Gasteiger charge is 2.32. The zero-order valence-electron chi connectivity index (χ0n) is 7.23. The summed E-state index contributed by atoms with van der Waals surface area (Å²) in [4.78, 5) is 10.6. The van der Waals surface area contributed by atoms with Crippen LogP contribution in [-0.4, -0.2) is 5.91 Å². The van der Waals surface area contributed by atoms with Gasteiger partial charge in [-0.15, -0.1) is 0 Å². The van der Waals surface area contributed by atoms with Crippen LogP contribution < -0.4 is 11.5 Å². The van der Waals surface area contributed by atoms with Crippen LogP contribution in [0.25, 0.3) is 0 Å². The molecule has 0 fully saturated rings. The number of amides is 1. The number of alkyl halides is 3. The fourth-order valence-corrected chi connectivity index (χ4v) is 0.990. The Morgan fingerprint density at radius 2 is 1.80 bits per heavy atom. The minimum absolute atomic E-state index is 0.327. The average Bonchev–Trinajstić information content (AvgIpc) is 2.06. The third-order valence-corrected chi connectivity index (χ3v) is 1.69. The molecule has 1 amide bonds. The Hall–Kier alpha value is -1.79. The number of nitrogens with two attached hydrogens (primary N) is 2. The summed E-state index contributed by atoms with van der Waals surface area (Å²) in [5.41, 5.74) is 6.82. The summed E-state index contributed by atoms with van der Waals surface area (Å²) >= 11 is 0. The third-order valence-electron chi connectivity index (χ3n) is 1.69. The van der Waals surface area contributed by atoms with Gasteiger partial charge in [0.1, 0.15) is 0 Å². The molecule has 0 aliphatic heterocycles. The lowest BCUT2D eigenvalue weighted by molar-refractivity contribution is -0.137. The van der Waals surface area contributed by atoms with E-state index in [0.717, 1.165) is 0 Å². The summed E-state index contributed by atoms with van der Waals surface area (Å²) in [5.74, 6) is -2.54. The number of carbonyl (C=O) groups excluding carboxylic acids is 1. The van der Waals surface area contributed by atoms with Gasteiger partial charge in [0.15, 0.2) is 5.82 Å². The maximum absolute atomic E-state index is 13.0. The Bertz CT molecular complexity index is 414. The number of hydrogen-bond donors (Lipinski definition) is 2. The molecule has 0 aromatic heterocycles. The second-order valence-electron chi connectivity index (χ2n) is 2.79. The number of benzene rings is 1. The predicted molar refractivity (Wildman–Crippen MR) is 44.3 cm³/mol. The summed E-state index contributed by atoms with van der Waals surface area (Å²) in [6, 6.07) is 0.732. The van der Waals surface area contributed by atoms with Crippen LogP contribution in [0.15, 0.2) is 12.1 Å². The standard InChI is InChI=1S/C8H6F4N2O/c9-6-4(7(14)15)1-3(2-5(6)13)8(10,11)12/h1-2H,13H2,(H2,14,15). The first kappa shape index (κ1) is 11.3. The van der Waals surface area contributed by atoms with Crippen molar-refractivity contribution in [1.29, 1.82) is 0 Å². The SMILES string of the molecule is NC(=O)c1cc(C(F)(F)F)cc(N)c1F. The van der Waals surface area contributed by atoms with Crippen LogP contribution in [0.2, 0.25) is 0 Å². The Labute approximate surface area is 81.7 Å². The van der Waals surface area contributed by atoms with Gasteiger partial charge in [-0.3, -0.25) is 4.79 Å². The van der Waals surface area contributed by atoms with Crippen molar-refractivity contribution in [3.05, 3.63) is 29.1 Å². The van der Waals surface area contributed by atoms with E-state index in [2.05, 4.69) is 0 Å². The molecule has 0 saturated carbocycles. The zero-order chi connectivity index (χ0) is 11.8. The summed E-state index contributed by atoms with van der Waals surface area (Å²) < 4.78 is 49.7. The van der Waals surface area contributed by atoms with Crippen LogP contribution in [-0.2, 0) is 6.18 Å². The minimum atomic E-state index is -4.70. The van der Waals surface area contributed by atoms with Crippen molar-refractivity contribution in [3.8, 4) is 0 Å². The topological polar surface area (TPSA) is 69.1 Å². The molecule has 0 unspecified atom stereocenters. The normalized spacial score (nSPS) is 11.5. The molecule has 0 saturated heterocycles. The first-order valence-corrected chi connectivity index (χ1v) is 3.69. The molecule has 0 atom stereocenters. The van der Waals surface area contributed by atoms with Gasteiger partial charge in [-0.25, -0.2) is 4.39 Å². The van der Waals surface area contributed by atoms with E-state index in [1.165, 1.54) is 0 Å². The van der Waals surface area contributed by atoms with Gasteiger partial charge in [0.25, 0.3) is 5.91 Å². The molecule has 0 aliphatic rings. The Balaban J connectivity index is 3.43. The van der Waals surface area contributed by atoms with Crippen molar-refractivity contribution in [2.75, 3.05) is 5.73 Å². The number of carbonyl (C=O) groups is 1. The highest BCUT2D eigenvalue weighted by atomic mass is 19.4. The van der Waals surface area contributed by atoms with Crippen LogP contribution in [0, 0.1) is 5.82 Å². The van der Waals surface area contributed by atoms with Gasteiger partial charge in [-0.05, 0) is 12.1 Å². The van der Waals surface area contributed by atoms with Crippen LogP contribution in [0.1, 0.15) is 15.9 Å². The maximum Gasteiger partial charge on any atom is 0.416 e. The zero-order valence-corrected chi connectivity index (χ0v) is 7.23. The van der Waals surface area contributed by atoms with Gasteiger partial charge >= 0.3 is 6.18 Å². The van der Waals surface area contributed by atoms with Gasteiger partial charge in [0.05, 0.1) is 16.8 Å². The van der Waals surface area contributed by atoms with Crippen molar-refractivity contribution in [1.82, 2.24) is 0 Å². The highest BCUT2D eigenvalue weighted by Crippen LogP contribution is 2.32. The number of rotatable bonds is 1. The van der Waals surface area contributed by atoms with Gasteiger partial charge in [-0.2, -0.15) is 13.2 Å². The molecule has 1 aromatic rings. The second-order valence-corrected chi connectivity index (χ2v) is 2.79. The van der Waals surface area contributed by atoms with E-state index in [1.54, 1.807) is 0 Å². The van der Waals surface area contributed by atoms with Crippen molar-refractivity contribution >= 4 is 11.6 Å². The van der Waals surface area contributed by atoms with Gasteiger partial charge in [-0.1, -0.05) is 0 Å². The molecule has 1 aromatic carbocycles. The van der Waals surface area contributed by atoms with E-state index in [4.69, 9.17) is 11.5 Å². The summed E-state index contributed by atoms with van der Waals surface area (Å²) in [6.07, 6.45) is -4.70. The Kier molecular flexibility index (Phi) is 2.57. The molecular formula is C8H6F4N2O. The van der Waals surface area contributed by atoms with Gasteiger partial charge in [0, 0.05) is 0 Å². The first-order valence-electron chi connectivity index (χ1n) is 3.69. The van der Waals surface area contributed by atoms with Crippen LogP contribution >= 0.6 is 0 Å². The molecule has 4 N–H and O–H groups in total. The van der Waals surface area contributed by atoms with Gasteiger partial charge in [0.2, 0.25) is 0 Å². The molecule has 1 rings (SSSR count). The number of primary amides is 1. The lowest BCUT2D eigenvalue weighted by Crippen LogP contribution is -2.17. The monoisotopic (exact) mass is 222 g/mol. The number of halogens is 4. The second kappa shape index (κ2) is 3.41. The van der Waals surface area contributed by atoms with Crippen molar-refractivity contribution in [3.63, 3.8) is 0 Å². The quantitative estimate of drug-likeness (QED) is 0.558.